The van der Waals surface area contributed by atoms with Crippen molar-refractivity contribution < 1.29 is 0 Å². The van der Waals surface area contributed by atoms with Crippen LogP contribution < -0.4 is 5.73 Å². The fraction of sp³-hybridized carbons (Fsp3) is 0.600. The van der Waals surface area contributed by atoms with Crippen LogP contribution in [0.25, 0.3) is 0 Å². The second-order valence-electron chi connectivity index (χ2n) is 5.38. The SMILES string of the molecule is CCCC(C)CC(C)(N)c1ccc(C)cc1. The fourth-order valence-corrected chi connectivity index (χ4v) is 2.37. The van der Waals surface area contributed by atoms with Crippen LogP contribution in [0.1, 0.15) is 51.2 Å². The lowest BCUT2D eigenvalue weighted by molar-refractivity contribution is 0.346. The first kappa shape index (κ1) is 13.2. The molecule has 0 amide bonds. The van der Waals surface area contributed by atoms with Crippen LogP contribution in [-0.2, 0) is 5.54 Å². The van der Waals surface area contributed by atoms with Gasteiger partial charge in [-0.2, -0.15) is 0 Å². The highest BCUT2D eigenvalue weighted by Gasteiger charge is 2.23. The number of hydrogen-bond donors (Lipinski definition) is 1. The largest absolute Gasteiger partial charge is 0.322 e. The molecule has 16 heavy (non-hydrogen) atoms. The molecule has 0 fully saturated rings. The van der Waals surface area contributed by atoms with Gasteiger partial charge >= 0.3 is 0 Å². The third kappa shape index (κ3) is 3.64. The Hall–Kier alpha value is -0.820. The van der Waals surface area contributed by atoms with Gasteiger partial charge in [0.25, 0.3) is 0 Å². The lowest BCUT2D eigenvalue weighted by atomic mass is 9.83. The van der Waals surface area contributed by atoms with Crippen LogP contribution in [0.3, 0.4) is 0 Å². The van der Waals surface area contributed by atoms with Crippen LogP contribution in [0.15, 0.2) is 24.3 Å². The molecule has 0 radical (unpaired) electrons. The molecule has 1 aromatic rings. The molecular weight excluding hydrogens is 194 g/mol. The van der Waals surface area contributed by atoms with E-state index in [1.807, 2.05) is 0 Å². The Kier molecular flexibility index (Phi) is 4.55. The van der Waals surface area contributed by atoms with Crippen LogP contribution >= 0.6 is 0 Å². The first-order valence-electron chi connectivity index (χ1n) is 6.31. The van der Waals surface area contributed by atoms with Gasteiger partial charge in [-0.15, -0.1) is 0 Å². The van der Waals surface area contributed by atoms with E-state index in [1.165, 1.54) is 24.0 Å². The minimum Gasteiger partial charge on any atom is -0.322 e. The zero-order chi connectivity index (χ0) is 12.2. The van der Waals surface area contributed by atoms with Gasteiger partial charge in [0, 0.05) is 5.54 Å². The third-order valence-corrected chi connectivity index (χ3v) is 3.27. The van der Waals surface area contributed by atoms with Crippen molar-refractivity contribution in [2.24, 2.45) is 11.7 Å². The molecule has 2 unspecified atom stereocenters. The molecule has 0 aliphatic heterocycles. The van der Waals surface area contributed by atoms with Crippen LogP contribution in [0, 0.1) is 12.8 Å². The Labute approximate surface area is 100 Å². The van der Waals surface area contributed by atoms with Crippen molar-refractivity contribution in [2.45, 2.75) is 52.5 Å². The zero-order valence-corrected chi connectivity index (χ0v) is 11.1. The van der Waals surface area contributed by atoms with Crippen molar-refractivity contribution >= 4 is 0 Å². The number of aryl methyl sites for hydroxylation is 1. The monoisotopic (exact) mass is 219 g/mol. The summed E-state index contributed by atoms with van der Waals surface area (Å²) in [5, 5.41) is 0. The molecule has 1 nitrogen and oxygen atoms in total. The number of hydrogen-bond acceptors (Lipinski definition) is 1. The van der Waals surface area contributed by atoms with Crippen LogP contribution in [-0.4, -0.2) is 0 Å². The van der Waals surface area contributed by atoms with Crippen molar-refractivity contribution in [1.82, 2.24) is 0 Å². The summed E-state index contributed by atoms with van der Waals surface area (Å²) in [4.78, 5) is 0. The highest BCUT2D eigenvalue weighted by atomic mass is 14.7. The zero-order valence-electron chi connectivity index (χ0n) is 11.1. The van der Waals surface area contributed by atoms with E-state index in [4.69, 9.17) is 5.73 Å². The third-order valence-electron chi connectivity index (χ3n) is 3.27. The number of rotatable bonds is 5. The summed E-state index contributed by atoms with van der Waals surface area (Å²) in [6.45, 7) is 8.78. The maximum atomic E-state index is 6.42. The van der Waals surface area contributed by atoms with Crippen molar-refractivity contribution in [3.05, 3.63) is 35.4 Å². The normalized spacial score (nSPS) is 16.8. The van der Waals surface area contributed by atoms with Gasteiger partial charge in [-0.1, -0.05) is 56.5 Å². The summed E-state index contributed by atoms with van der Waals surface area (Å²) in [7, 11) is 0. The van der Waals surface area contributed by atoms with Gasteiger partial charge in [0.05, 0.1) is 0 Å². The molecule has 1 aromatic carbocycles. The van der Waals surface area contributed by atoms with Gasteiger partial charge in [0.1, 0.15) is 0 Å². The maximum absolute atomic E-state index is 6.42. The molecular formula is C15H25N. The first-order chi connectivity index (χ1) is 7.45. The second-order valence-corrected chi connectivity index (χ2v) is 5.38. The molecule has 0 spiro atoms. The van der Waals surface area contributed by atoms with Gasteiger partial charge in [0.15, 0.2) is 0 Å². The quantitative estimate of drug-likeness (QED) is 0.796. The lowest BCUT2D eigenvalue weighted by Gasteiger charge is -2.28. The van der Waals surface area contributed by atoms with Crippen LogP contribution in [0.2, 0.25) is 0 Å². The van der Waals surface area contributed by atoms with E-state index >= 15 is 0 Å². The molecule has 0 aliphatic rings. The Balaban J connectivity index is 2.72. The average Bonchev–Trinajstić information content (AvgIpc) is 2.17. The molecule has 0 aromatic heterocycles. The summed E-state index contributed by atoms with van der Waals surface area (Å²) in [6, 6.07) is 8.61. The molecule has 0 heterocycles. The van der Waals surface area contributed by atoms with E-state index < -0.39 is 0 Å². The van der Waals surface area contributed by atoms with Gasteiger partial charge in [-0.05, 0) is 31.7 Å². The number of nitrogens with two attached hydrogens (primary N) is 1. The molecule has 0 saturated heterocycles. The van der Waals surface area contributed by atoms with E-state index in [1.54, 1.807) is 0 Å². The molecule has 0 saturated carbocycles. The van der Waals surface area contributed by atoms with Crippen molar-refractivity contribution in [1.29, 1.82) is 0 Å². The minimum absolute atomic E-state index is 0.192. The smallest absolute Gasteiger partial charge is 0.0383 e. The van der Waals surface area contributed by atoms with E-state index in [0.29, 0.717) is 5.92 Å². The van der Waals surface area contributed by atoms with E-state index in [0.717, 1.165) is 6.42 Å². The van der Waals surface area contributed by atoms with Gasteiger partial charge in [-0.25, -0.2) is 0 Å². The highest BCUT2D eigenvalue weighted by Crippen LogP contribution is 2.27. The highest BCUT2D eigenvalue weighted by molar-refractivity contribution is 5.27. The number of benzene rings is 1. The Morgan fingerprint density at radius 2 is 1.81 bits per heavy atom. The van der Waals surface area contributed by atoms with Crippen molar-refractivity contribution in [3.63, 3.8) is 0 Å². The van der Waals surface area contributed by atoms with Gasteiger partial charge in [-0.3, -0.25) is 0 Å². The molecule has 0 aliphatic carbocycles. The van der Waals surface area contributed by atoms with Crippen LogP contribution in [0.5, 0.6) is 0 Å². The summed E-state index contributed by atoms with van der Waals surface area (Å²) >= 11 is 0. The van der Waals surface area contributed by atoms with E-state index in [9.17, 15) is 0 Å². The Morgan fingerprint density at radius 1 is 1.25 bits per heavy atom. The van der Waals surface area contributed by atoms with Crippen LogP contribution in [0.4, 0.5) is 0 Å². The molecule has 1 heteroatoms. The predicted molar refractivity (Wildman–Crippen MR) is 71.4 cm³/mol. The van der Waals surface area contributed by atoms with Gasteiger partial charge < -0.3 is 5.73 Å². The summed E-state index contributed by atoms with van der Waals surface area (Å²) < 4.78 is 0. The summed E-state index contributed by atoms with van der Waals surface area (Å²) in [5.74, 6) is 0.696. The maximum Gasteiger partial charge on any atom is 0.0383 e. The molecule has 90 valence electrons. The standard InChI is InChI=1S/C15H25N/c1-5-6-13(3)11-15(4,16)14-9-7-12(2)8-10-14/h7-10,13H,5-6,11,16H2,1-4H3. The van der Waals surface area contributed by atoms with E-state index in [2.05, 4.69) is 52.0 Å². The van der Waals surface area contributed by atoms with Gasteiger partial charge in [0.2, 0.25) is 0 Å². The van der Waals surface area contributed by atoms with E-state index in [-0.39, 0.29) is 5.54 Å². The molecule has 2 N–H and O–H groups in total. The second kappa shape index (κ2) is 5.49. The predicted octanol–water partition coefficient (Wildman–Crippen LogP) is 4.00. The minimum atomic E-state index is -0.192. The summed E-state index contributed by atoms with van der Waals surface area (Å²) in [5.41, 5.74) is 8.77. The summed E-state index contributed by atoms with van der Waals surface area (Å²) in [6.07, 6.45) is 3.56. The topological polar surface area (TPSA) is 26.0 Å². The Bertz CT molecular complexity index is 311. The Morgan fingerprint density at radius 3 is 2.31 bits per heavy atom. The van der Waals surface area contributed by atoms with Crippen molar-refractivity contribution in [2.75, 3.05) is 0 Å². The van der Waals surface area contributed by atoms with Crippen molar-refractivity contribution in [3.8, 4) is 0 Å². The lowest BCUT2D eigenvalue weighted by Crippen LogP contribution is -2.34. The molecule has 0 bridgehead atoms. The molecule has 2 atom stereocenters. The average molecular weight is 219 g/mol. The first-order valence-corrected chi connectivity index (χ1v) is 6.31. The fourth-order valence-electron chi connectivity index (χ4n) is 2.37. The molecule has 1 rings (SSSR count).